The zero-order chi connectivity index (χ0) is 22.3. The van der Waals surface area contributed by atoms with Crippen LogP contribution in [0.5, 0.6) is 0 Å². The van der Waals surface area contributed by atoms with Crippen LogP contribution in [0, 0.1) is 6.92 Å². The van der Waals surface area contributed by atoms with Crippen LogP contribution in [-0.2, 0) is 6.18 Å². The first kappa shape index (κ1) is 22.8. The summed E-state index contributed by atoms with van der Waals surface area (Å²) < 4.78 is 78.8. The molecule has 2 aromatic carbocycles. The fraction of sp³-hybridized carbons (Fsp3) is 0.211. The quantitative estimate of drug-likeness (QED) is 0.277. The van der Waals surface area contributed by atoms with E-state index in [0.717, 1.165) is 10.7 Å². The molecule has 0 radical (unpaired) electrons. The Morgan fingerprint density at radius 1 is 0.967 bits per heavy atom. The van der Waals surface area contributed by atoms with E-state index in [9.17, 15) is 26.3 Å². The first-order chi connectivity index (χ1) is 13.8. The van der Waals surface area contributed by atoms with Crippen molar-refractivity contribution in [2.24, 2.45) is 0 Å². The average Bonchev–Trinajstić information content (AvgIpc) is 3.08. The molecule has 0 aliphatic heterocycles. The van der Waals surface area contributed by atoms with Crippen LogP contribution in [0.4, 0.5) is 26.3 Å². The smallest absolute Gasteiger partial charge is 0.231 e. The van der Waals surface area contributed by atoms with Crippen LogP contribution >= 0.6 is 35.0 Å². The van der Waals surface area contributed by atoms with Gasteiger partial charge in [-0.15, -0.1) is 11.8 Å². The number of alkyl halides is 6. The predicted octanol–water partition coefficient (Wildman–Crippen LogP) is 7.83. The first-order valence-corrected chi connectivity index (χ1v) is 10.0. The van der Waals surface area contributed by atoms with Gasteiger partial charge in [-0.2, -0.15) is 31.4 Å². The van der Waals surface area contributed by atoms with E-state index >= 15 is 0 Å². The zero-order valence-electron chi connectivity index (χ0n) is 15.1. The molecule has 0 fully saturated rings. The molecule has 0 aliphatic rings. The maximum absolute atomic E-state index is 13.3. The zero-order valence-corrected chi connectivity index (χ0v) is 17.4. The van der Waals surface area contributed by atoms with Gasteiger partial charge in [0.25, 0.3) is 0 Å². The number of benzene rings is 2. The maximum atomic E-state index is 13.3. The Labute approximate surface area is 181 Å². The molecule has 30 heavy (non-hydrogen) atoms. The van der Waals surface area contributed by atoms with Gasteiger partial charge in [0.2, 0.25) is 0 Å². The Morgan fingerprint density at radius 2 is 1.67 bits per heavy atom. The largest absolute Gasteiger partial charge is 0.435 e. The van der Waals surface area contributed by atoms with Crippen molar-refractivity contribution in [3.05, 3.63) is 63.8 Å². The number of thioether (sulfide) groups is 1. The van der Waals surface area contributed by atoms with Crippen LogP contribution in [0.25, 0.3) is 16.9 Å². The molecule has 1 aromatic heterocycles. The molecule has 0 bridgehead atoms. The minimum atomic E-state index is -4.73. The molecule has 3 aromatic rings. The van der Waals surface area contributed by atoms with Gasteiger partial charge < -0.3 is 0 Å². The van der Waals surface area contributed by atoms with E-state index in [1.807, 2.05) is 0 Å². The molecule has 0 atom stereocenters. The minimum Gasteiger partial charge on any atom is -0.231 e. The molecule has 0 unspecified atom stereocenters. The van der Waals surface area contributed by atoms with Crippen molar-refractivity contribution in [3.63, 3.8) is 0 Å². The van der Waals surface area contributed by atoms with E-state index in [1.54, 1.807) is 6.92 Å². The Balaban J connectivity index is 2.16. The minimum absolute atomic E-state index is 0.0142. The van der Waals surface area contributed by atoms with Crippen LogP contribution < -0.4 is 0 Å². The number of halogens is 8. The van der Waals surface area contributed by atoms with Crippen molar-refractivity contribution in [3.8, 4) is 16.9 Å². The third-order valence-electron chi connectivity index (χ3n) is 4.01. The number of aryl methyl sites for hydroxylation is 1. The Morgan fingerprint density at radius 3 is 2.30 bits per heavy atom. The van der Waals surface area contributed by atoms with Crippen molar-refractivity contribution in [2.45, 2.75) is 24.2 Å². The lowest BCUT2D eigenvalue weighted by Crippen LogP contribution is -2.10. The molecule has 0 saturated carbocycles. The molecule has 0 N–H and O–H groups in total. The highest BCUT2D eigenvalue weighted by atomic mass is 35.5. The summed E-state index contributed by atoms with van der Waals surface area (Å²) >= 11 is 12.7. The molecule has 1 heterocycles. The number of hydrogen-bond acceptors (Lipinski definition) is 2. The SMILES string of the molecule is Cc1ccc(-c2cc(C(F)(F)F)nn2-c2cc(Cl)ccc2Cl)cc1SCC(F)(F)F. The van der Waals surface area contributed by atoms with Crippen LogP contribution in [0.2, 0.25) is 10.0 Å². The second-order valence-electron chi connectivity index (χ2n) is 6.30. The number of rotatable bonds is 4. The highest BCUT2D eigenvalue weighted by molar-refractivity contribution is 7.99. The Hall–Kier alpha value is -1.84. The molecule has 0 aliphatic carbocycles. The third-order valence-corrected chi connectivity index (χ3v) is 5.79. The molecule has 0 spiro atoms. The highest BCUT2D eigenvalue weighted by Crippen LogP contribution is 2.37. The second-order valence-corrected chi connectivity index (χ2v) is 8.17. The van der Waals surface area contributed by atoms with Crippen molar-refractivity contribution in [1.82, 2.24) is 9.78 Å². The first-order valence-electron chi connectivity index (χ1n) is 8.28. The van der Waals surface area contributed by atoms with E-state index < -0.39 is 23.8 Å². The summed E-state index contributed by atoms with van der Waals surface area (Å²) in [5.74, 6) is -1.12. The van der Waals surface area contributed by atoms with Gasteiger partial charge in [-0.1, -0.05) is 35.3 Å². The van der Waals surface area contributed by atoms with Gasteiger partial charge in [0.15, 0.2) is 5.69 Å². The monoisotopic (exact) mass is 484 g/mol. The van der Waals surface area contributed by atoms with Gasteiger partial charge in [0.05, 0.1) is 22.2 Å². The molecular formula is C19H12Cl2F6N2S. The van der Waals surface area contributed by atoms with Crippen LogP contribution in [0.15, 0.2) is 47.4 Å². The Kier molecular flexibility index (Phi) is 6.36. The van der Waals surface area contributed by atoms with Crippen molar-refractivity contribution >= 4 is 35.0 Å². The fourth-order valence-electron chi connectivity index (χ4n) is 2.63. The summed E-state index contributed by atoms with van der Waals surface area (Å²) in [7, 11) is 0. The van der Waals surface area contributed by atoms with E-state index in [2.05, 4.69) is 5.10 Å². The molecule has 0 amide bonds. The molecule has 11 heteroatoms. The van der Waals surface area contributed by atoms with Crippen LogP contribution in [0.3, 0.4) is 0 Å². The second kappa shape index (κ2) is 8.36. The maximum Gasteiger partial charge on any atom is 0.435 e. The summed E-state index contributed by atoms with van der Waals surface area (Å²) in [6.45, 7) is 1.62. The van der Waals surface area contributed by atoms with Crippen LogP contribution in [0.1, 0.15) is 11.3 Å². The molecule has 0 saturated heterocycles. The summed E-state index contributed by atoms with van der Waals surface area (Å²) in [5.41, 5.74) is -0.223. The number of hydrogen-bond donors (Lipinski definition) is 0. The Bertz CT molecular complexity index is 1080. The molecule has 160 valence electrons. The van der Waals surface area contributed by atoms with Gasteiger partial charge in [-0.3, -0.25) is 0 Å². The summed E-state index contributed by atoms with van der Waals surface area (Å²) in [4.78, 5) is 0.295. The number of nitrogens with zero attached hydrogens (tertiary/aromatic N) is 2. The lowest BCUT2D eigenvalue weighted by atomic mass is 10.1. The highest BCUT2D eigenvalue weighted by Gasteiger charge is 2.35. The lowest BCUT2D eigenvalue weighted by molar-refractivity contribution is -0.141. The van der Waals surface area contributed by atoms with Gasteiger partial charge in [-0.25, -0.2) is 4.68 Å². The lowest BCUT2D eigenvalue weighted by Gasteiger charge is -2.13. The predicted molar refractivity (Wildman–Crippen MR) is 106 cm³/mol. The third kappa shape index (κ3) is 5.25. The van der Waals surface area contributed by atoms with Gasteiger partial charge in [-0.05, 0) is 42.8 Å². The van der Waals surface area contributed by atoms with Gasteiger partial charge in [0.1, 0.15) is 0 Å². The van der Waals surface area contributed by atoms with E-state index in [1.165, 1.54) is 36.4 Å². The van der Waals surface area contributed by atoms with Crippen LogP contribution in [-0.4, -0.2) is 21.7 Å². The van der Waals surface area contributed by atoms with E-state index in [4.69, 9.17) is 23.2 Å². The standard InChI is InChI=1S/C19H12Cl2F6N2S/c1-10-2-3-11(6-16(10)30-9-18(22,23)24)14-8-17(19(25,26)27)28-29(14)15-7-12(20)4-5-13(15)21/h2-8H,9H2,1H3. The molecular weight excluding hydrogens is 473 g/mol. The van der Waals surface area contributed by atoms with Gasteiger partial charge >= 0.3 is 12.4 Å². The van der Waals surface area contributed by atoms with Crippen molar-refractivity contribution in [2.75, 3.05) is 5.75 Å². The summed E-state index contributed by atoms with van der Waals surface area (Å²) in [6, 6.07) is 9.51. The van der Waals surface area contributed by atoms with E-state index in [-0.39, 0.29) is 27.0 Å². The average molecular weight is 485 g/mol. The number of aromatic nitrogens is 2. The molecule has 2 nitrogen and oxygen atoms in total. The van der Waals surface area contributed by atoms with Crippen molar-refractivity contribution in [1.29, 1.82) is 0 Å². The normalized spacial score (nSPS) is 12.4. The van der Waals surface area contributed by atoms with E-state index in [0.29, 0.717) is 22.2 Å². The topological polar surface area (TPSA) is 17.8 Å². The van der Waals surface area contributed by atoms with Crippen molar-refractivity contribution < 1.29 is 26.3 Å². The summed E-state index contributed by atoms with van der Waals surface area (Å²) in [6.07, 6.45) is -9.11. The molecule has 3 rings (SSSR count). The fourth-order valence-corrected chi connectivity index (χ4v) is 3.82. The van der Waals surface area contributed by atoms with Gasteiger partial charge in [0, 0.05) is 15.5 Å². The summed E-state index contributed by atoms with van der Waals surface area (Å²) in [5, 5.41) is 3.97.